The zero-order valence-electron chi connectivity index (χ0n) is 19.0. The molecule has 3 N–H and O–H groups in total. The number of nitrogens with two attached hydrogens (primary N) is 1. The second-order valence-electron chi connectivity index (χ2n) is 7.48. The maximum Gasteiger partial charge on any atom is 0.341 e. The molecule has 9 nitrogen and oxygen atoms in total. The Morgan fingerprint density at radius 1 is 1.29 bits per heavy atom. The Morgan fingerprint density at radius 3 is 2.65 bits per heavy atom. The predicted octanol–water partition coefficient (Wildman–Crippen LogP) is 4.38. The molecule has 34 heavy (non-hydrogen) atoms. The van der Waals surface area contributed by atoms with Crippen molar-refractivity contribution in [1.29, 1.82) is 0 Å². The van der Waals surface area contributed by atoms with Crippen LogP contribution in [0, 0.1) is 6.92 Å². The van der Waals surface area contributed by atoms with E-state index in [4.69, 9.17) is 22.1 Å². The Labute approximate surface area is 210 Å². The Morgan fingerprint density at radius 2 is 2.03 bits per heavy atom. The number of esters is 1. The summed E-state index contributed by atoms with van der Waals surface area (Å²) in [5, 5.41) is 12.5. The Balaban J connectivity index is 1.78. The largest absolute Gasteiger partial charge is 0.459 e. The van der Waals surface area contributed by atoms with Gasteiger partial charge in [-0.3, -0.25) is 9.59 Å². The zero-order chi connectivity index (χ0) is 25.0. The molecule has 2 amide bonds. The van der Waals surface area contributed by atoms with Gasteiger partial charge in [-0.25, -0.2) is 4.79 Å². The fourth-order valence-corrected chi connectivity index (χ4v) is 5.23. The molecule has 3 rings (SSSR count). The summed E-state index contributed by atoms with van der Waals surface area (Å²) >= 11 is 8.25. The van der Waals surface area contributed by atoms with Crippen molar-refractivity contribution in [3.63, 3.8) is 0 Å². The van der Waals surface area contributed by atoms with Crippen LogP contribution in [0.1, 0.15) is 46.4 Å². The van der Waals surface area contributed by atoms with Crippen molar-refractivity contribution in [2.24, 2.45) is 5.73 Å². The minimum atomic E-state index is -0.680. The maximum atomic E-state index is 12.7. The number of halogens is 1. The fourth-order valence-electron chi connectivity index (χ4n) is 3.17. The highest BCUT2D eigenvalue weighted by Crippen LogP contribution is 2.34. The van der Waals surface area contributed by atoms with E-state index in [1.807, 2.05) is 23.6 Å². The van der Waals surface area contributed by atoms with Gasteiger partial charge < -0.3 is 20.4 Å². The summed E-state index contributed by atoms with van der Waals surface area (Å²) in [6.45, 7) is 7.57. The molecule has 1 aromatic carbocycles. The number of ether oxygens (including phenoxy) is 1. The van der Waals surface area contributed by atoms with Crippen molar-refractivity contribution in [1.82, 2.24) is 14.8 Å². The number of benzene rings is 1. The third-order valence-corrected chi connectivity index (χ3v) is 7.04. The van der Waals surface area contributed by atoms with E-state index in [0.717, 1.165) is 16.9 Å². The maximum absolute atomic E-state index is 12.7. The Kier molecular flexibility index (Phi) is 8.34. The molecule has 12 heteroatoms. The van der Waals surface area contributed by atoms with Gasteiger partial charge in [0.05, 0.1) is 22.3 Å². The van der Waals surface area contributed by atoms with Crippen LogP contribution >= 0.6 is 34.7 Å². The molecule has 0 unspecified atom stereocenters. The third kappa shape index (κ3) is 5.78. The normalized spacial score (nSPS) is 11.0. The quantitative estimate of drug-likeness (QED) is 0.315. The number of hydrogen-bond acceptors (Lipinski definition) is 8. The highest BCUT2D eigenvalue weighted by Gasteiger charge is 2.26. The Hall–Kier alpha value is -2.89. The lowest BCUT2D eigenvalue weighted by atomic mass is 10.1. The van der Waals surface area contributed by atoms with Gasteiger partial charge in [0.15, 0.2) is 11.0 Å². The van der Waals surface area contributed by atoms with Crippen molar-refractivity contribution < 1.29 is 19.1 Å². The molecule has 0 fully saturated rings. The first kappa shape index (κ1) is 25.7. The monoisotopic (exact) mass is 521 g/mol. The Bertz CT molecular complexity index is 1240. The van der Waals surface area contributed by atoms with Gasteiger partial charge in [0.1, 0.15) is 5.00 Å². The van der Waals surface area contributed by atoms with Crippen molar-refractivity contribution in [3.05, 3.63) is 45.3 Å². The van der Waals surface area contributed by atoms with E-state index in [9.17, 15) is 14.4 Å². The number of hydrogen-bond donors (Lipinski definition) is 2. The number of rotatable bonds is 9. The molecule has 2 heterocycles. The standard InChI is InChI=1S/C22H24ClN5O4S2/c1-5-28-19(13-7-6-8-14(23)9-13)26-27-22(28)33-10-15(29)25-20-16(21(31)32-11(2)3)12(4)17(34-20)18(24)30/h6-9,11H,5,10H2,1-4H3,(H2,24,30)(H,25,29). The van der Waals surface area contributed by atoms with Gasteiger partial charge in [0, 0.05) is 17.1 Å². The first-order chi connectivity index (χ1) is 16.1. The second kappa shape index (κ2) is 11.0. The lowest BCUT2D eigenvalue weighted by Crippen LogP contribution is -2.18. The molecule has 0 saturated heterocycles. The minimum absolute atomic E-state index is 0.00913. The van der Waals surface area contributed by atoms with Gasteiger partial charge >= 0.3 is 5.97 Å². The van der Waals surface area contributed by atoms with Crippen LogP contribution in [-0.2, 0) is 16.1 Å². The van der Waals surface area contributed by atoms with Crippen molar-refractivity contribution in [2.45, 2.75) is 45.5 Å². The summed E-state index contributed by atoms with van der Waals surface area (Å²) in [6, 6.07) is 7.29. The number of anilines is 1. The second-order valence-corrected chi connectivity index (χ2v) is 9.88. The fraction of sp³-hybridized carbons (Fsp3) is 0.318. The van der Waals surface area contributed by atoms with Crippen molar-refractivity contribution in [3.8, 4) is 11.4 Å². The topological polar surface area (TPSA) is 129 Å². The number of carbonyl (C=O) groups excluding carboxylic acids is 3. The van der Waals surface area contributed by atoms with Crippen LogP contribution in [0.2, 0.25) is 5.02 Å². The highest BCUT2D eigenvalue weighted by molar-refractivity contribution is 7.99. The SMILES string of the molecule is CCn1c(SCC(=O)Nc2sc(C(N)=O)c(C)c2C(=O)OC(C)C)nnc1-c1cccc(Cl)c1. The molecule has 0 aliphatic heterocycles. The molecule has 0 radical (unpaired) electrons. The number of aromatic nitrogens is 3. The summed E-state index contributed by atoms with van der Waals surface area (Å²) in [5.41, 5.74) is 6.76. The number of primary amides is 1. The number of carbonyl (C=O) groups is 3. The van der Waals surface area contributed by atoms with Gasteiger partial charge in [-0.1, -0.05) is 35.5 Å². The van der Waals surface area contributed by atoms with Crippen LogP contribution in [0.5, 0.6) is 0 Å². The van der Waals surface area contributed by atoms with Gasteiger partial charge in [0.2, 0.25) is 5.91 Å². The van der Waals surface area contributed by atoms with E-state index in [0.29, 0.717) is 28.1 Å². The van der Waals surface area contributed by atoms with E-state index >= 15 is 0 Å². The number of amides is 2. The summed E-state index contributed by atoms with van der Waals surface area (Å²) in [5.74, 6) is -1.03. The van der Waals surface area contributed by atoms with E-state index in [1.54, 1.807) is 32.9 Å². The number of thiophene rings is 1. The predicted molar refractivity (Wildman–Crippen MR) is 134 cm³/mol. The van der Waals surface area contributed by atoms with Crippen LogP contribution in [0.3, 0.4) is 0 Å². The van der Waals surface area contributed by atoms with Gasteiger partial charge in [-0.2, -0.15) is 0 Å². The van der Waals surface area contributed by atoms with E-state index in [-0.39, 0.29) is 33.2 Å². The lowest BCUT2D eigenvalue weighted by Gasteiger charge is -2.10. The van der Waals surface area contributed by atoms with Crippen LogP contribution in [0.15, 0.2) is 29.4 Å². The van der Waals surface area contributed by atoms with Crippen molar-refractivity contribution >= 4 is 57.5 Å². The average molecular weight is 522 g/mol. The van der Waals surface area contributed by atoms with E-state index in [2.05, 4.69) is 15.5 Å². The van der Waals surface area contributed by atoms with E-state index in [1.165, 1.54) is 11.8 Å². The summed E-state index contributed by atoms with van der Waals surface area (Å²) < 4.78 is 7.16. The highest BCUT2D eigenvalue weighted by atomic mass is 35.5. The van der Waals surface area contributed by atoms with Crippen molar-refractivity contribution in [2.75, 3.05) is 11.1 Å². The van der Waals surface area contributed by atoms with Gasteiger partial charge in [-0.05, 0) is 45.4 Å². The minimum Gasteiger partial charge on any atom is -0.459 e. The van der Waals surface area contributed by atoms with E-state index < -0.39 is 11.9 Å². The van der Waals surface area contributed by atoms with Gasteiger partial charge in [0.25, 0.3) is 5.91 Å². The molecule has 2 aromatic heterocycles. The summed E-state index contributed by atoms with van der Waals surface area (Å²) in [7, 11) is 0. The number of nitrogens with one attached hydrogen (secondary N) is 1. The molecule has 0 spiro atoms. The zero-order valence-corrected chi connectivity index (χ0v) is 21.4. The van der Waals surface area contributed by atoms with Crippen LogP contribution < -0.4 is 11.1 Å². The molecule has 0 saturated carbocycles. The molecular formula is C22H24ClN5O4S2. The summed E-state index contributed by atoms with van der Waals surface area (Å²) in [4.78, 5) is 37.3. The first-order valence-electron chi connectivity index (χ1n) is 10.4. The third-order valence-electron chi connectivity index (χ3n) is 4.62. The summed E-state index contributed by atoms with van der Waals surface area (Å²) in [6.07, 6.45) is -0.364. The lowest BCUT2D eigenvalue weighted by molar-refractivity contribution is -0.113. The molecule has 0 atom stereocenters. The van der Waals surface area contributed by atoms with Crippen LogP contribution in [0.4, 0.5) is 5.00 Å². The molecule has 0 bridgehead atoms. The molecule has 0 aliphatic rings. The first-order valence-corrected chi connectivity index (χ1v) is 12.6. The molecule has 3 aromatic rings. The number of nitrogens with zero attached hydrogens (tertiary/aromatic N) is 3. The smallest absolute Gasteiger partial charge is 0.341 e. The average Bonchev–Trinajstić information content (AvgIpc) is 3.32. The molecule has 180 valence electrons. The molecular weight excluding hydrogens is 498 g/mol. The van der Waals surface area contributed by atoms with Crippen LogP contribution in [0.25, 0.3) is 11.4 Å². The number of thioether (sulfide) groups is 1. The van der Waals surface area contributed by atoms with Gasteiger partial charge in [-0.15, -0.1) is 21.5 Å². The van der Waals surface area contributed by atoms with Crippen LogP contribution in [-0.4, -0.2) is 44.4 Å². The molecule has 0 aliphatic carbocycles.